The second kappa shape index (κ2) is 6.80. The van der Waals surface area contributed by atoms with Crippen molar-refractivity contribution < 1.29 is 9.18 Å². The van der Waals surface area contributed by atoms with Crippen LogP contribution >= 0.6 is 0 Å². The molecule has 1 aliphatic rings. The van der Waals surface area contributed by atoms with Gasteiger partial charge in [-0.15, -0.1) is 5.10 Å². The van der Waals surface area contributed by atoms with Crippen molar-refractivity contribution in [1.82, 2.24) is 9.78 Å². The lowest BCUT2D eigenvalue weighted by Crippen LogP contribution is -2.28. The monoisotopic (exact) mass is 399 g/mol. The highest BCUT2D eigenvalue weighted by Gasteiger charge is 2.36. The summed E-state index contributed by atoms with van der Waals surface area (Å²) >= 11 is 0. The molecule has 0 radical (unpaired) electrons. The van der Waals surface area contributed by atoms with Gasteiger partial charge in [-0.25, -0.2) is 9.07 Å². The molecule has 3 aromatic carbocycles. The van der Waals surface area contributed by atoms with E-state index in [9.17, 15) is 9.18 Å². The van der Waals surface area contributed by atoms with E-state index in [1.165, 1.54) is 12.1 Å². The number of benzene rings is 3. The number of hydrogen-bond donors (Lipinski definition) is 1. The molecule has 5 rings (SSSR count). The molecular formula is C25H22FN3O. The summed E-state index contributed by atoms with van der Waals surface area (Å²) in [4.78, 5) is 13.1. The second-order valence-corrected chi connectivity index (χ2v) is 8.69. The molecule has 0 bridgehead atoms. The molecule has 0 unspecified atom stereocenters. The molecule has 0 aliphatic heterocycles. The maximum atomic E-state index is 13.5. The molecule has 1 aliphatic carbocycles. The minimum Gasteiger partial charge on any atom is -0.338 e. The normalized spacial score (nSPS) is 15.2. The summed E-state index contributed by atoms with van der Waals surface area (Å²) in [6.07, 6.45) is 1.19. The lowest BCUT2D eigenvalue weighted by molar-refractivity contribution is 0.0912. The summed E-state index contributed by atoms with van der Waals surface area (Å²) < 4.78 is 15.2. The Kier molecular flexibility index (Phi) is 4.21. The number of nitrogens with zero attached hydrogens (tertiary/aromatic N) is 2. The molecule has 5 heteroatoms. The molecule has 0 atom stereocenters. The van der Waals surface area contributed by atoms with Crippen LogP contribution in [-0.2, 0) is 6.42 Å². The average molecular weight is 399 g/mol. The van der Waals surface area contributed by atoms with Gasteiger partial charge in [0.05, 0.1) is 16.9 Å². The van der Waals surface area contributed by atoms with Crippen molar-refractivity contribution in [1.29, 1.82) is 0 Å². The van der Waals surface area contributed by atoms with Gasteiger partial charge in [-0.05, 0) is 59.0 Å². The Morgan fingerprint density at radius 3 is 2.47 bits per heavy atom. The van der Waals surface area contributed by atoms with Gasteiger partial charge in [0.2, 0.25) is 0 Å². The fraction of sp³-hybridized carbons (Fsp3) is 0.200. The molecule has 30 heavy (non-hydrogen) atoms. The number of carbonyl (C=O) groups is 1. The second-order valence-electron chi connectivity index (χ2n) is 8.69. The largest absolute Gasteiger partial charge is 0.338 e. The molecule has 1 aromatic heterocycles. The fourth-order valence-corrected chi connectivity index (χ4v) is 4.24. The van der Waals surface area contributed by atoms with Crippen molar-refractivity contribution in [3.8, 4) is 5.69 Å². The Balaban J connectivity index is 1.62. The molecular weight excluding hydrogens is 377 g/mol. The third-order valence-corrected chi connectivity index (χ3v) is 5.63. The zero-order valence-corrected chi connectivity index (χ0v) is 16.9. The van der Waals surface area contributed by atoms with Gasteiger partial charge in [0.25, 0.3) is 0 Å². The minimum atomic E-state index is -0.300. The van der Waals surface area contributed by atoms with Gasteiger partial charge < -0.3 is 5.32 Å². The highest BCUT2D eigenvalue weighted by Crippen LogP contribution is 2.39. The first-order chi connectivity index (χ1) is 14.4. The third-order valence-electron chi connectivity index (χ3n) is 5.63. The van der Waals surface area contributed by atoms with Crippen LogP contribution in [0.5, 0.6) is 0 Å². The molecule has 4 aromatic rings. The van der Waals surface area contributed by atoms with E-state index >= 15 is 0 Å². The molecule has 1 N–H and O–H groups in total. The number of anilines is 2. The number of carbonyl (C=O) groups excluding carboxylic acids is 1. The zero-order valence-electron chi connectivity index (χ0n) is 16.9. The maximum absolute atomic E-state index is 13.5. The van der Waals surface area contributed by atoms with Crippen LogP contribution in [0, 0.1) is 11.2 Å². The molecule has 0 amide bonds. The van der Waals surface area contributed by atoms with E-state index in [1.807, 2.05) is 24.3 Å². The van der Waals surface area contributed by atoms with E-state index in [2.05, 4.69) is 37.4 Å². The fourth-order valence-electron chi connectivity index (χ4n) is 4.24. The molecule has 0 spiro atoms. The number of aromatic nitrogens is 2. The SMILES string of the molecule is CC1(C)CC(=O)c2c(Nc3ccc4ccccc4c3)nn(-c3ccc(F)cc3)c2C1. The van der Waals surface area contributed by atoms with Gasteiger partial charge in [-0.2, -0.15) is 0 Å². The Labute approximate surface area is 174 Å². The van der Waals surface area contributed by atoms with Crippen molar-refractivity contribution in [2.24, 2.45) is 5.41 Å². The number of fused-ring (bicyclic) bond motifs is 2. The maximum Gasteiger partial charge on any atom is 0.169 e. The quantitative estimate of drug-likeness (QED) is 0.455. The highest BCUT2D eigenvalue weighted by molar-refractivity contribution is 6.04. The van der Waals surface area contributed by atoms with E-state index in [-0.39, 0.29) is 17.0 Å². The van der Waals surface area contributed by atoms with E-state index in [1.54, 1.807) is 16.8 Å². The van der Waals surface area contributed by atoms with Crippen LogP contribution in [0.15, 0.2) is 66.7 Å². The summed E-state index contributed by atoms with van der Waals surface area (Å²) in [7, 11) is 0. The Hall–Kier alpha value is -3.47. The van der Waals surface area contributed by atoms with Gasteiger partial charge in [-0.3, -0.25) is 4.79 Å². The first-order valence-corrected chi connectivity index (χ1v) is 10.1. The number of hydrogen-bond acceptors (Lipinski definition) is 3. The summed E-state index contributed by atoms with van der Waals surface area (Å²) in [5.41, 5.74) is 2.96. The first-order valence-electron chi connectivity index (χ1n) is 10.1. The first kappa shape index (κ1) is 18.6. The number of halogens is 1. The molecule has 150 valence electrons. The summed E-state index contributed by atoms with van der Waals surface area (Å²) in [5.74, 6) is 0.327. The van der Waals surface area contributed by atoms with Crippen molar-refractivity contribution in [2.75, 3.05) is 5.32 Å². The Bertz CT molecular complexity index is 1270. The minimum absolute atomic E-state index is 0.0814. The van der Waals surface area contributed by atoms with Crippen LogP contribution in [0.2, 0.25) is 0 Å². The van der Waals surface area contributed by atoms with Crippen LogP contribution in [0.3, 0.4) is 0 Å². The van der Waals surface area contributed by atoms with Crippen LogP contribution < -0.4 is 5.32 Å². The standard InChI is InChI=1S/C25H22FN3O/c1-25(2)14-21-23(22(30)15-25)24(28-29(21)20-11-8-18(26)9-12-20)27-19-10-7-16-5-3-4-6-17(16)13-19/h3-13H,14-15H2,1-2H3,(H,27,28). The highest BCUT2D eigenvalue weighted by atomic mass is 19.1. The van der Waals surface area contributed by atoms with Gasteiger partial charge in [0.15, 0.2) is 11.6 Å². The molecule has 4 nitrogen and oxygen atoms in total. The van der Waals surface area contributed by atoms with E-state index < -0.39 is 0 Å². The number of Topliss-reactive ketones (excluding diaryl/α,β-unsaturated/α-hetero) is 1. The van der Waals surface area contributed by atoms with E-state index in [0.29, 0.717) is 17.8 Å². The van der Waals surface area contributed by atoms with Crippen LogP contribution in [0.1, 0.15) is 36.3 Å². The number of rotatable bonds is 3. The van der Waals surface area contributed by atoms with Gasteiger partial charge in [0.1, 0.15) is 5.82 Å². The van der Waals surface area contributed by atoms with Crippen LogP contribution in [0.25, 0.3) is 16.5 Å². The van der Waals surface area contributed by atoms with Gasteiger partial charge in [0, 0.05) is 12.1 Å². The number of nitrogens with one attached hydrogen (secondary N) is 1. The van der Waals surface area contributed by atoms with Crippen molar-refractivity contribution in [2.45, 2.75) is 26.7 Å². The molecule has 0 fully saturated rings. The van der Waals surface area contributed by atoms with Crippen molar-refractivity contribution in [3.63, 3.8) is 0 Å². The summed E-state index contributed by atoms with van der Waals surface area (Å²) in [6.45, 7) is 4.18. The van der Waals surface area contributed by atoms with Crippen LogP contribution in [0.4, 0.5) is 15.9 Å². The summed E-state index contributed by atoms with van der Waals surface area (Å²) in [5, 5.41) is 10.4. The molecule has 1 heterocycles. The smallest absolute Gasteiger partial charge is 0.169 e. The molecule has 0 saturated carbocycles. The van der Waals surface area contributed by atoms with E-state index in [4.69, 9.17) is 5.10 Å². The topological polar surface area (TPSA) is 46.9 Å². The lowest BCUT2D eigenvalue weighted by atomic mass is 9.76. The molecule has 0 saturated heterocycles. The lowest BCUT2D eigenvalue weighted by Gasteiger charge is -2.29. The Morgan fingerprint density at radius 1 is 0.967 bits per heavy atom. The third kappa shape index (κ3) is 3.26. The van der Waals surface area contributed by atoms with Crippen molar-refractivity contribution in [3.05, 3.63) is 83.8 Å². The average Bonchev–Trinajstić information content (AvgIpc) is 3.05. The number of ketones is 1. The summed E-state index contributed by atoms with van der Waals surface area (Å²) in [6, 6.07) is 20.4. The zero-order chi connectivity index (χ0) is 20.9. The van der Waals surface area contributed by atoms with Crippen LogP contribution in [-0.4, -0.2) is 15.6 Å². The van der Waals surface area contributed by atoms with Gasteiger partial charge in [-0.1, -0.05) is 44.2 Å². The van der Waals surface area contributed by atoms with E-state index in [0.717, 1.165) is 34.3 Å². The van der Waals surface area contributed by atoms with Crippen molar-refractivity contribution >= 4 is 28.1 Å². The van der Waals surface area contributed by atoms with Gasteiger partial charge >= 0.3 is 0 Å². The predicted molar refractivity (Wildman–Crippen MR) is 117 cm³/mol. The predicted octanol–water partition coefficient (Wildman–Crippen LogP) is 6.06. The Morgan fingerprint density at radius 2 is 1.70 bits per heavy atom.